The molecule has 1 fully saturated rings. The van der Waals surface area contributed by atoms with E-state index in [0.717, 1.165) is 5.56 Å². The number of hydrogen-bond donors (Lipinski definition) is 3. The highest BCUT2D eigenvalue weighted by molar-refractivity contribution is 5.88. The zero-order valence-corrected chi connectivity index (χ0v) is 15.2. The minimum atomic E-state index is -0.811. The number of carbonyl (C=O) groups is 1. The molecular weight excluding hydrogens is 337 g/mol. The van der Waals surface area contributed by atoms with E-state index in [2.05, 4.69) is 15.6 Å². The van der Waals surface area contributed by atoms with Crippen molar-refractivity contribution in [1.29, 1.82) is 0 Å². The summed E-state index contributed by atoms with van der Waals surface area (Å²) in [4.78, 5) is 16.9. The van der Waals surface area contributed by atoms with Crippen LogP contribution in [0.1, 0.15) is 25.1 Å². The molecule has 3 rings (SSSR count). The molecule has 1 aliphatic rings. The second-order valence-corrected chi connectivity index (χ2v) is 7.23. The highest BCUT2D eigenvalue weighted by Gasteiger charge is 2.32. The van der Waals surface area contributed by atoms with E-state index in [4.69, 9.17) is 9.84 Å². The van der Waals surface area contributed by atoms with Gasteiger partial charge in [-0.15, -0.1) is 0 Å². The molecule has 1 aliphatic heterocycles. The molecule has 0 spiro atoms. The molecule has 0 aliphatic carbocycles. The van der Waals surface area contributed by atoms with Crippen LogP contribution >= 0.6 is 0 Å². The number of pyridine rings is 1. The number of morpholine rings is 1. The predicted octanol–water partition coefficient (Wildman–Crippen LogP) is 1.38. The van der Waals surface area contributed by atoms with Gasteiger partial charge in [0.25, 0.3) is 5.91 Å². The minimum absolute atomic E-state index is 0.0370. The van der Waals surface area contributed by atoms with Crippen molar-refractivity contribution < 1.29 is 19.0 Å². The van der Waals surface area contributed by atoms with Crippen LogP contribution < -0.4 is 10.6 Å². The number of halogens is 1. The first-order valence-corrected chi connectivity index (χ1v) is 8.65. The molecular formula is C19H24FN3O3. The number of hydrogen-bond acceptors (Lipinski definition) is 5. The van der Waals surface area contributed by atoms with Gasteiger partial charge < -0.3 is 20.5 Å². The Morgan fingerprint density at radius 3 is 2.88 bits per heavy atom. The summed E-state index contributed by atoms with van der Waals surface area (Å²) in [6, 6.07) is 5.29. The summed E-state index contributed by atoms with van der Waals surface area (Å²) in [5.74, 6) is -0.661. The Morgan fingerprint density at radius 2 is 2.23 bits per heavy atom. The van der Waals surface area contributed by atoms with Crippen LogP contribution in [0.2, 0.25) is 0 Å². The summed E-state index contributed by atoms with van der Waals surface area (Å²) in [6.45, 7) is 6.15. The van der Waals surface area contributed by atoms with E-state index in [-0.39, 0.29) is 31.0 Å². The fourth-order valence-electron chi connectivity index (χ4n) is 3.18. The van der Waals surface area contributed by atoms with Gasteiger partial charge in [-0.1, -0.05) is 17.7 Å². The van der Waals surface area contributed by atoms with Crippen LogP contribution in [0, 0.1) is 12.7 Å². The Kier molecular flexibility index (Phi) is 5.22. The zero-order chi connectivity index (χ0) is 18.9. The highest BCUT2D eigenvalue weighted by Crippen LogP contribution is 2.29. The van der Waals surface area contributed by atoms with Crippen molar-refractivity contribution in [2.75, 3.05) is 19.8 Å². The summed E-state index contributed by atoms with van der Waals surface area (Å²) in [5.41, 5.74) is 0.777. The molecule has 1 amide bonds. The van der Waals surface area contributed by atoms with Gasteiger partial charge in [0, 0.05) is 17.3 Å². The Morgan fingerprint density at radius 1 is 1.46 bits per heavy atom. The molecule has 0 radical (unpaired) electrons. The van der Waals surface area contributed by atoms with Gasteiger partial charge in [-0.2, -0.15) is 0 Å². The van der Waals surface area contributed by atoms with Crippen LogP contribution in [0.3, 0.4) is 0 Å². The van der Waals surface area contributed by atoms with Crippen molar-refractivity contribution >= 4 is 16.7 Å². The van der Waals surface area contributed by atoms with Crippen molar-refractivity contribution in [1.82, 2.24) is 15.6 Å². The predicted molar refractivity (Wildman–Crippen MR) is 96.2 cm³/mol. The molecule has 0 bridgehead atoms. The Balaban J connectivity index is 1.84. The lowest BCUT2D eigenvalue weighted by Gasteiger charge is -2.32. The van der Waals surface area contributed by atoms with Crippen molar-refractivity contribution in [3.8, 4) is 0 Å². The lowest BCUT2D eigenvalue weighted by atomic mass is 9.93. The first-order valence-electron chi connectivity index (χ1n) is 8.65. The van der Waals surface area contributed by atoms with E-state index < -0.39 is 11.6 Å². The maximum Gasteiger partial charge on any atom is 0.251 e. The number of nitrogens with zero attached hydrogens (tertiary/aromatic N) is 1. The van der Waals surface area contributed by atoms with Gasteiger partial charge in [0.1, 0.15) is 11.9 Å². The summed E-state index contributed by atoms with van der Waals surface area (Å²) >= 11 is 0. The molecule has 2 atom stereocenters. The Bertz CT molecular complexity index is 817. The minimum Gasteiger partial charge on any atom is -0.395 e. The van der Waals surface area contributed by atoms with Crippen molar-refractivity contribution in [2.45, 2.75) is 38.5 Å². The molecule has 26 heavy (non-hydrogen) atoms. The molecule has 1 saturated heterocycles. The van der Waals surface area contributed by atoms with Gasteiger partial charge in [0.2, 0.25) is 0 Å². The number of carbonyl (C=O) groups excluding carboxylic acids is 1. The summed E-state index contributed by atoms with van der Waals surface area (Å²) in [6.07, 6.45) is 0.538. The van der Waals surface area contributed by atoms with Crippen LogP contribution in [-0.4, -0.2) is 47.9 Å². The van der Waals surface area contributed by atoms with Gasteiger partial charge in [-0.25, -0.2) is 4.39 Å². The van der Waals surface area contributed by atoms with Gasteiger partial charge in [-0.05, 0) is 26.8 Å². The van der Waals surface area contributed by atoms with Crippen molar-refractivity contribution in [3.05, 3.63) is 41.5 Å². The molecule has 6 nitrogen and oxygen atoms in total. The fraction of sp³-hybridized carbons (Fsp3) is 0.474. The quantitative estimate of drug-likeness (QED) is 0.766. The lowest BCUT2D eigenvalue weighted by Crippen LogP contribution is -2.56. The zero-order valence-electron chi connectivity index (χ0n) is 15.2. The number of nitrogens with one attached hydrogen (secondary N) is 2. The van der Waals surface area contributed by atoms with Crippen LogP contribution in [0.4, 0.5) is 4.39 Å². The lowest BCUT2D eigenvalue weighted by molar-refractivity contribution is -0.137. The van der Waals surface area contributed by atoms with Crippen LogP contribution in [0.5, 0.6) is 0 Å². The van der Waals surface area contributed by atoms with Crippen LogP contribution in [-0.2, 0) is 15.1 Å². The first-order chi connectivity index (χ1) is 12.3. The fourth-order valence-corrected chi connectivity index (χ4v) is 3.18. The third-order valence-electron chi connectivity index (χ3n) is 4.63. The molecule has 1 aromatic heterocycles. The number of benzene rings is 1. The molecule has 140 valence electrons. The van der Waals surface area contributed by atoms with E-state index in [1.54, 1.807) is 6.07 Å². The topological polar surface area (TPSA) is 83.5 Å². The maximum absolute atomic E-state index is 14.1. The highest BCUT2D eigenvalue weighted by atomic mass is 19.1. The number of rotatable bonds is 4. The van der Waals surface area contributed by atoms with E-state index >= 15 is 0 Å². The standard InChI is InChI=1S/C19H24FN3O3/c1-11-4-5-13-14(6-11)17(22-7-15(13)20)19(2,3)23-18(25)16-8-21-12(9-24)10-26-16/h4-7,12,16,21,24H,8-10H2,1-3H3,(H,23,25)/t12-,16+/m1/s1. The summed E-state index contributed by atoms with van der Waals surface area (Å²) < 4.78 is 19.6. The van der Waals surface area contributed by atoms with E-state index in [1.807, 2.05) is 32.9 Å². The number of aromatic nitrogens is 1. The molecule has 2 heterocycles. The normalized spacial score (nSPS) is 21.0. The molecule has 1 aromatic carbocycles. The summed E-state index contributed by atoms with van der Waals surface area (Å²) in [7, 11) is 0. The Labute approximate surface area is 151 Å². The number of amides is 1. The van der Waals surface area contributed by atoms with Crippen molar-refractivity contribution in [2.24, 2.45) is 0 Å². The van der Waals surface area contributed by atoms with Gasteiger partial charge in [-0.3, -0.25) is 9.78 Å². The number of aliphatic hydroxyl groups is 1. The van der Waals surface area contributed by atoms with Crippen LogP contribution in [0.15, 0.2) is 24.4 Å². The number of fused-ring (bicyclic) bond motifs is 1. The maximum atomic E-state index is 14.1. The third kappa shape index (κ3) is 3.70. The molecule has 0 saturated carbocycles. The van der Waals surface area contributed by atoms with E-state index in [0.29, 0.717) is 23.0 Å². The second kappa shape index (κ2) is 7.26. The van der Waals surface area contributed by atoms with E-state index in [1.165, 1.54) is 6.20 Å². The average Bonchev–Trinajstić information content (AvgIpc) is 2.61. The number of aliphatic hydroxyl groups excluding tert-OH is 1. The summed E-state index contributed by atoms with van der Waals surface area (Å²) in [5, 5.41) is 16.3. The molecule has 3 N–H and O–H groups in total. The first kappa shape index (κ1) is 18.7. The monoisotopic (exact) mass is 361 g/mol. The van der Waals surface area contributed by atoms with Crippen molar-refractivity contribution in [3.63, 3.8) is 0 Å². The smallest absolute Gasteiger partial charge is 0.251 e. The Hall–Kier alpha value is -2.09. The second-order valence-electron chi connectivity index (χ2n) is 7.23. The molecule has 0 unspecified atom stereocenters. The average molecular weight is 361 g/mol. The van der Waals surface area contributed by atoms with Crippen LogP contribution in [0.25, 0.3) is 10.8 Å². The number of ether oxygens (including phenoxy) is 1. The SMILES string of the molecule is Cc1ccc2c(F)cnc(C(C)(C)NC(=O)[C@@H]3CN[C@H](CO)CO3)c2c1. The van der Waals surface area contributed by atoms with Gasteiger partial charge in [0.15, 0.2) is 0 Å². The molecule has 7 heteroatoms. The molecule has 2 aromatic rings. The van der Waals surface area contributed by atoms with Gasteiger partial charge >= 0.3 is 0 Å². The van der Waals surface area contributed by atoms with E-state index in [9.17, 15) is 9.18 Å². The van der Waals surface area contributed by atoms with Gasteiger partial charge in [0.05, 0.1) is 36.7 Å². The number of aryl methyl sites for hydroxylation is 1. The largest absolute Gasteiger partial charge is 0.395 e. The third-order valence-corrected chi connectivity index (χ3v) is 4.63.